The van der Waals surface area contributed by atoms with Crippen LogP contribution in [0.3, 0.4) is 0 Å². The van der Waals surface area contributed by atoms with Gasteiger partial charge < -0.3 is 9.84 Å². The largest absolute Gasteiger partial charge is 0.466 e. The van der Waals surface area contributed by atoms with Gasteiger partial charge in [0.1, 0.15) is 0 Å². The maximum Gasteiger partial charge on any atom is 0.308 e. The van der Waals surface area contributed by atoms with Crippen LogP contribution in [0.1, 0.15) is 83.1 Å². The first-order valence-corrected chi connectivity index (χ1v) is 9.52. The van der Waals surface area contributed by atoms with E-state index in [0.717, 1.165) is 12.8 Å². The van der Waals surface area contributed by atoms with E-state index < -0.39 is 6.10 Å². The number of aliphatic hydroxyl groups excluding tert-OH is 1. The number of hydrogen-bond acceptors (Lipinski definition) is 3. The van der Waals surface area contributed by atoms with Crippen LogP contribution in [0.2, 0.25) is 0 Å². The number of carbonyl (C=O) groups excluding carboxylic acids is 1. The third-order valence-electron chi connectivity index (χ3n) is 4.50. The molecule has 1 N–H and O–H groups in total. The predicted octanol–water partition coefficient (Wildman–Crippen LogP) is 5.23. The van der Waals surface area contributed by atoms with Gasteiger partial charge >= 0.3 is 5.97 Å². The highest BCUT2D eigenvalue weighted by Crippen LogP contribution is 2.22. The Balaban J connectivity index is 1.94. The molecule has 2 unspecified atom stereocenters. The Kier molecular flexibility index (Phi) is 11.2. The topological polar surface area (TPSA) is 46.5 Å². The molecule has 136 valence electrons. The average Bonchev–Trinajstić information content (AvgIpc) is 2.58. The van der Waals surface area contributed by atoms with Crippen molar-refractivity contribution in [1.82, 2.24) is 0 Å². The fourth-order valence-electron chi connectivity index (χ4n) is 3.00. The highest BCUT2D eigenvalue weighted by atomic mass is 16.5. The molecule has 24 heavy (non-hydrogen) atoms. The number of aliphatic hydroxyl groups is 1. The van der Waals surface area contributed by atoms with E-state index in [1.165, 1.54) is 37.7 Å². The van der Waals surface area contributed by atoms with Crippen LogP contribution < -0.4 is 0 Å². The summed E-state index contributed by atoms with van der Waals surface area (Å²) < 4.78 is 4.84. The van der Waals surface area contributed by atoms with Gasteiger partial charge in [-0.05, 0) is 31.2 Å². The summed E-state index contributed by atoms with van der Waals surface area (Å²) in [5, 5.41) is 9.76. The van der Waals surface area contributed by atoms with Crippen LogP contribution in [-0.2, 0) is 9.53 Å². The molecule has 0 fully saturated rings. The van der Waals surface area contributed by atoms with Crippen molar-refractivity contribution in [2.45, 2.75) is 83.7 Å². The van der Waals surface area contributed by atoms with Crippen LogP contribution in [0.5, 0.6) is 0 Å². The van der Waals surface area contributed by atoms with E-state index >= 15 is 0 Å². The van der Waals surface area contributed by atoms with Crippen molar-refractivity contribution in [2.75, 3.05) is 6.61 Å². The van der Waals surface area contributed by atoms with Gasteiger partial charge in [0.2, 0.25) is 0 Å². The third-order valence-corrected chi connectivity index (χ3v) is 4.50. The molecule has 1 aromatic carbocycles. The molecule has 0 heterocycles. The first kappa shape index (κ1) is 20.7. The van der Waals surface area contributed by atoms with Gasteiger partial charge in [0, 0.05) is 0 Å². The molecule has 1 aromatic rings. The van der Waals surface area contributed by atoms with E-state index in [9.17, 15) is 9.90 Å². The zero-order valence-electron chi connectivity index (χ0n) is 15.4. The fraction of sp³-hybridized carbons (Fsp3) is 0.667. The number of ether oxygens (including phenoxy) is 1. The first-order chi connectivity index (χ1) is 11.6. The molecule has 0 radical (unpaired) electrons. The van der Waals surface area contributed by atoms with Gasteiger partial charge in [0.15, 0.2) is 0 Å². The quantitative estimate of drug-likeness (QED) is 0.397. The van der Waals surface area contributed by atoms with E-state index in [1.807, 2.05) is 0 Å². The van der Waals surface area contributed by atoms with Gasteiger partial charge in [-0.3, -0.25) is 4.79 Å². The Hall–Kier alpha value is -1.35. The average molecular weight is 334 g/mol. The number of carbonyl (C=O) groups is 1. The molecule has 0 aliphatic rings. The Morgan fingerprint density at radius 2 is 1.58 bits per heavy atom. The second kappa shape index (κ2) is 13.0. The Bertz CT molecular complexity index is 430. The number of esters is 1. The zero-order valence-corrected chi connectivity index (χ0v) is 15.4. The molecule has 2 atom stereocenters. The van der Waals surface area contributed by atoms with Crippen molar-refractivity contribution in [3.8, 4) is 0 Å². The second-order valence-corrected chi connectivity index (χ2v) is 6.67. The third kappa shape index (κ3) is 9.71. The molecule has 0 bridgehead atoms. The Morgan fingerprint density at radius 3 is 2.21 bits per heavy atom. The minimum absolute atomic E-state index is 0.130. The van der Waals surface area contributed by atoms with Gasteiger partial charge in [-0.2, -0.15) is 0 Å². The summed E-state index contributed by atoms with van der Waals surface area (Å²) in [7, 11) is 0. The molecule has 0 amide bonds. The fourth-order valence-corrected chi connectivity index (χ4v) is 3.00. The van der Waals surface area contributed by atoms with Crippen LogP contribution >= 0.6 is 0 Å². The highest BCUT2D eigenvalue weighted by Gasteiger charge is 2.11. The lowest BCUT2D eigenvalue weighted by molar-refractivity contribution is -0.145. The maximum absolute atomic E-state index is 11.2. The molecule has 0 aromatic heterocycles. The lowest BCUT2D eigenvalue weighted by Gasteiger charge is -2.11. The number of hydrogen-bond donors (Lipinski definition) is 1. The molecule has 0 spiro atoms. The molecular formula is C21H34O3. The summed E-state index contributed by atoms with van der Waals surface area (Å²) in [5.41, 5.74) is 1.44. The highest BCUT2D eigenvalue weighted by molar-refractivity contribution is 5.69. The lowest BCUT2D eigenvalue weighted by Crippen LogP contribution is -2.15. The van der Waals surface area contributed by atoms with Gasteiger partial charge in [-0.1, -0.05) is 75.8 Å². The summed E-state index contributed by atoms with van der Waals surface area (Å²) in [6.07, 6.45) is 8.69. The van der Waals surface area contributed by atoms with Gasteiger partial charge in [0.05, 0.1) is 19.1 Å². The summed E-state index contributed by atoms with van der Waals surface area (Å²) >= 11 is 0. The van der Waals surface area contributed by atoms with E-state index in [2.05, 4.69) is 37.3 Å². The second-order valence-electron chi connectivity index (χ2n) is 6.67. The maximum atomic E-state index is 11.2. The number of rotatable bonds is 13. The van der Waals surface area contributed by atoms with E-state index in [-0.39, 0.29) is 12.4 Å². The van der Waals surface area contributed by atoms with Crippen molar-refractivity contribution in [3.63, 3.8) is 0 Å². The predicted molar refractivity (Wildman–Crippen MR) is 99.0 cm³/mol. The van der Waals surface area contributed by atoms with E-state index in [4.69, 9.17) is 4.74 Å². The lowest BCUT2D eigenvalue weighted by atomic mass is 9.94. The summed E-state index contributed by atoms with van der Waals surface area (Å²) in [6, 6.07) is 10.7. The van der Waals surface area contributed by atoms with Crippen LogP contribution in [-0.4, -0.2) is 23.8 Å². The van der Waals surface area contributed by atoms with Crippen molar-refractivity contribution in [3.05, 3.63) is 35.9 Å². The van der Waals surface area contributed by atoms with Gasteiger partial charge in [-0.15, -0.1) is 0 Å². The SMILES string of the molecule is CCOC(=O)CC(O)CCCCCCCCC(C)c1ccccc1. The minimum atomic E-state index is -0.546. The van der Waals surface area contributed by atoms with E-state index in [0.29, 0.717) is 18.9 Å². The first-order valence-electron chi connectivity index (χ1n) is 9.52. The van der Waals surface area contributed by atoms with Crippen LogP contribution in [0, 0.1) is 0 Å². The summed E-state index contributed by atoms with van der Waals surface area (Å²) in [5.74, 6) is 0.349. The Morgan fingerprint density at radius 1 is 1.00 bits per heavy atom. The normalized spacial score (nSPS) is 13.5. The molecule has 0 saturated heterocycles. The smallest absolute Gasteiger partial charge is 0.308 e. The molecule has 0 aliphatic carbocycles. The summed E-state index contributed by atoms with van der Waals surface area (Å²) in [6.45, 7) is 4.47. The zero-order chi connectivity index (χ0) is 17.6. The van der Waals surface area contributed by atoms with Crippen molar-refractivity contribution in [2.24, 2.45) is 0 Å². The molecule has 3 nitrogen and oxygen atoms in total. The van der Waals surface area contributed by atoms with Crippen LogP contribution in [0.4, 0.5) is 0 Å². The minimum Gasteiger partial charge on any atom is -0.466 e. The standard InChI is InChI=1S/C21H34O3/c1-3-24-21(23)17-20(22)16-12-7-5-4-6-9-13-18(2)19-14-10-8-11-15-19/h8,10-11,14-15,18,20,22H,3-7,9,12-13,16-17H2,1-2H3. The number of unbranched alkanes of at least 4 members (excludes halogenated alkanes) is 5. The Labute approximate surface area is 147 Å². The molecule has 0 saturated carbocycles. The van der Waals surface area contributed by atoms with Crippen molar-refractivity contribution < 1.29 is 14.6 Å². The van der Waals surface area contributed by atoms with E-state index in [1.54, 1.807) is 6.92 Å². The van der Waals surface area contributed by atoms with Gasteiger partial charge in [0.25, 0.3) is 0 Å². The molecular weight excluding hydrogens is 300 g/mol. The van der Waals surface area contributed by atoms with Crippen LogP contribution in [0.15, 0.2) is 30.3 Å². The van der Waals surface area contributed by atoms with Gasteiger partial charge in [-0.25, -0.2) is 0 Å². The molecule has 0 aliphatic heterocycles. The van der Waals surface area contributed by atoms with Crippen LogP contribution in [0.25, 0.3) is 0 Å². The molecule has 1 rings (SSSR count). The van der Waals surface area contributed by atoms with Crippen molar-refractivity contribution in [1.29, 1.82) is 0 Å². The monoisotopic (exact) mass is 334 g/mol. The number of benzene rings is 1. The summed E-state index contributed by atoms with van der Waals surface area (Å²) in [4.78, 5) is 11.2. The van der Waals surface area contributed by atoms with Crippen molar-refractivity contribution >= 4 is 5.97 Å². The molecule has 3 heteroatoms.